The summed E-state index contributed by atoms with van der Waals surface area (Å²) in [6.45, 7) is 3.77. The molecule has 0 aliphatic heterocycles. The molecule has 0 heterocycles. The fraction of sp³-hybridized carbons (Fsp3) is 0.700. The first-order valence-electron chi connectivity index (χ1n) is 4.34. The SMILES string of the molecule is CC#CCCC(CCC)C(=O)O. The number of rotatable bonds is 5. The lowest BCUT2D eigenvalue weighted by molar-refractivity contribution is -0.142. The molecule has 0 radical (unpaired) electrons. The van der Waals surface area contributed by atoms with Gasteiger partial charge in [0.1, 0.15) is 0 Å². The summed E-state index contributed by atoms with van der Waals surface area (Å²) in [5.74, 6) is 4.76. The van der Waals surface area contributed by atoms with E-state index in [9.17, 15) is 4.79 Å². The Labute approximate surface area is 74.0 Å². The lowest BCUT2D eigenvalue weighted by atomic mass is 9.98. The molecular weight excluding hydrogens is 152 g/mol. The predicted octanol–water partition coefficient (Wildman–Crippen LogP) is 2.29. The van der Waals surface area contributed by atoms with E-state index < -0.39 is 5.97 Å². The Morgan fingerprint density at radius 2 is 2.17 bits per heavy atom. The van der Waals surface area contributed by atoms with Gasteiger partial charge in [-0.05, 0) is 19.8 Å². The molecule has 1 unspecified atom stereocenters. The van der Waals surface area contributed by atoms with Crippen molar-refractivity contribution in [2.45, 2.75) is 39.5 Å². The van der Waals surface area contributed by atoms with Crippen LogP contribution in [-0.4, -0.2) is 11.1 Å². The third kappa shape index (κ3) is 4.79. The zero-order valence-corrected chi connectivity index (χ0v) is 7.76. The maximum Gasteiger partial charge on any atom is 0.306 e. The van der Waals surface area contributed by atoms with Crippen LogP contribution in [0.5, 0.6) is 0 Å². The smallest absolute Gasteiger partial charge is 0.306 e. The zero-order chi connectivity index (χ0) is 9.40. The first-order chi connectivity index (χ1) is 5.72. The van der Waals surface area contributed by atoms with Crippen molar-refractivity contribution in [2.75, 3.05) is 0 Å². The minimum Gasteiger partial charge on any atom is -0.481 e. The van der Waals surface area contributed by atoms with Crippen molar-refractivity contribution in [3.05, 3.63) is 0 Å². The molecule has 0 aliphatic carbocycles. The van der Waals surface area contributed by atoms with Gasteiger partial charge in [-0.25, -0.2) is 0 Å². The largest absolute Gasteiger partial charge is 0.481 e. The number of carbonyl (C=O) groups is 1. The zero-order valence-electron chi connectivity index (χ0n) is 7.76. The van der Waals surface area contributed by atoms with Gasteiger partial charge in [-0.15, -0.1) is 11.8 Å². The molecule has 0 amide bonds. The third-order valence-corrected chi connectivity index (χ3v) is 1.78. The minimum absolute atomic E-state index is 0.198. The molecule has 12 heavy (non-hydrogen) atoms. The van der Waals surface area contributed by atoms with Gasteiger partial charge >= 0.3 is 5.97 Å². The van der Waals surface area contributed by atoms with Crippen LogP contribution >= 0.6 is 0 Å². The minimum atomic E-state index is -0.685. The van der Waals surface area contributed by atoms with Crippen molar-refractivity contribution in [1.82, 2.24) is 0 Å². The highest BCUT2D eigenvalue weighted by Gasteiger charge is 2.14. The van der Waals surface area contributed by atoms with Gasteiger partial charge in [0.05, 0.1) is 5.92 Å². The van der Waals surface area contributed by atoms with Crippen molar-refractivity contribution >= 4 is 5.97 Å². The Hall–Kier alpha value is -0.970. The van der Waals surface area contributed by atoms with Crippen molar-refractivity contribution in [1.29, 1.82) is 0 Å². The van der Waals surface area contributed by atoms with Gasteiger partial charge in [0.2, 0.25) is 0 Å². The topological polar surface area (TPSA) is 37.3 Å². The summed E-state index contributed by atoms with van der Waals surface area (Å²) in [6, 6.07) is 0. The summed E-state index contributed by atoms with van der Waals surface area (Å²) in [4.78, 5) is 10.6. The molecule has 2 nitrogen and oxygen atoms in total. The highest BCUT2D eigenvalue weighted by molar-refractivity contribution is 5.69. The van der Waals surface area contributed by atoms with Gasteiger partial charge in [-0.3, -0.25) is 4.79 Å². The number of carboxylic acid groups (broad SMARTS) is 1. The lowest BCUT2D eigenvalue weighted by Crippen LogP contribution is -2.12. The van der Waals surface area contributed by atoms with Gasteiger partial charge in [0.15, 0.2) is 0 Å². The van der Waals surface area contributed by atoms with E-state index in [0.29, 0.717) is 12.8 Å². The molecule has 0 aromatic carbocycles. The molecular formula is C10H16O2. The van der Waals surface area contributed by atoms with Crippen LogP contribution in [0, 0.1) is 17.8 Å². The second-order valence-corrected chi connectivity index (χ2v) is 2.79. The summed E-state index contributed by atoms with van der Waals surface area (Å²) < 4.78 is 0. The fourth-order valence-corrected chi connectivity index (χ4v) is 1.11. The van der Waals surface area contributed by atoms with E-state index in [0.717, 1.165) is 12.8 Å². The van der Waals surface area contributed by atoms with Gasteiger partial charge in [-0.1, -0.05) is 13.3 Å². The van der Waals surface area contributed by atoms with Crippen LogP contribution in [0.3, 0.4) is 0 Å². The number of hydrogen-bond donors (Lipinski definition) is 1. The van der Waals surface area contributed by atoms with Gasteiger partial charge in [0.25, 0.3) is 0 Å². The Kier molecular flexibility index (Phi) is 6.18. The molecule has 68 valence electrons. The van der Waals surface area contributed by atoms with Crippen LogP contribution in [0.25, 0.3) is 0 Å². The number of carboxylic acids is 1. The highest BCUT2D eigenvalue weighted by Crippen LogP contribution is 2.12. The molecule has 0 saturated heterocycles. The van der Waals surface area contributed by atoms with E-state index in [2.05, 4.69) is 11.8 Å². The van der Waals surface area contributed by atoms with Crippen LogP contribution < -0.4 is 0 Å². The quantitative estimate of drug-likeness (QED) is 0.639. The van der Waals surface area contributed by atoms with E-state index in [1.807, 2.05) is 6.92 Å². The molecule has 1 N–H and O–H groups in total. The maximum atomic E-state index is 10.6. The molecule has 0 rings (SSSR count). The number of hydrogen-bond acceptors (Lipinski definition) is 1. The molecule has 0 aromatic heterocycles. The van der Waals surface area contributed by atoms with Gasteiger partial charge in [-0.2, -0.15) is 0 Å². The summed E-state index contributed by atoms with van der Waals surface area (Å²) in [7, 11) is 0. The first-order valence-corrected chi connectivity index (χ1v) is 4.34. The van der Waals surface area contributed by atoms with Crippen LogP contribution in [0.2, 0.25) is 0 Å². The summed E-state index contributed by atoms with van der Waals surface area (Å²) in [5, 5.41) is 8.76. The molecule has 0 bridgehead atoms. The summed E-state index contributed by atoms with van der Waals surface area (Å²) in [6.07, 6.45) is 3.08. The van der Waals surface area contributed by atoms with Crippen molar-refractivity contribution in [3.63, 3.8) is 0 Å². The van der Waals surface area contributed by atoms with Crippen LogP contribution in [0.1, 0.15) is 39.5 Å². The van der Waals surface area contributed by atoms with E-state index in [1.165, 1.54) is 0 Å². The van der Waals surface area contributed by atoms with Crippen molar-refractivity contribution < 1.29 is 9.90 Å². The van der Waals surface area contributed by atoms with Gasteiger partial charge in [0, 0.05) is 6.42 Å². The Bertz CT molecular complexity index is 186. The summed E-state index contributed by atoms with van der Waals surface area (Å²) in [5.41, 5.74) is 0. The molecule has 0 saturated carbocycles. The first kappa shape index (κ1) is 11.0. The Morgan fingerprint density at radius 1 is 1.50 bits per heavy atom. The standard InChI is InChI=1S/C10H16O2/c1-3-5-6-8-9(7-4-2)10(11)12/h9H,4,6-8H2,1-2H3,(H,11,12). The maximum absolute atomic E-state index is 10.6. The average Bonchev–Trinajstić information content (AvgIpc) is 2.03. The van der Waals surface area contributed by atoms with Crippen LogP contribution in [0.4, 0.5) is 0 Å². The summed E-state index contributed by atoms with van der Waals surface area (Å²) >= 11 is 0. The molecule has 0 aromatic rings. The molecule has 0 aliphatic rings. The fourth-order valence-electron chi connectivity index (χ4n) is 1.11. The monoisotopic (exact) mass is 168 g/mol. The normalized spacial score (nSPS) is 11.5. The molecule has 0 fully saturated rings. The van der Waals surface area contributed by atoms with E-state index in [1.54, 1.807) is 6.92 Å². The second-order valence-electron chi connectivity index (χ2n) is 2.79. The van der Waals surface area contributed by atoms with Gasteiger partial charge < -0.3 is 5.11 Å². The molecule has 0 spiro atoms. The second kappa shape index (κ2) is 6.72. The van der Waals surface area contributed by atoms with Crippen molar-refractivity contribution in [2.24, 2.45) is 5.92 Å². The van der Waals surface area contributed by atoms with Crippen LogP contribution in [0.15, 0.2) is 0 Å². The Balaban J connectivity index is 3.76. The van der Waals surface area contributed by atoms with E-state index in [-0.39, 0.29) is 5.92 Å². The Morgan fingerprint density at radius 3 is 2.58 bits per heavy atom. The van der Waals surface area contributed by atoms with Crippen LogP contribution in [-0.2, 0) is 4.79 Å². The predicted molar refractivity (Wildman–Crippen MR) is 48.7 cm³/mol. The molecule has 1 atom stereocenters. The van der Waals surface area contributed by atoms with Crippen molar-refractivity contribution in [3.8, 4) is 11.8 Å². The average molecular weight is 168 g/mol. The van der Waals surface area contributed by atoms with E-state index >= 15 is 0 Å². The lowest BCUT2D eigenvalue weighted by Gasteiger charge is -2.07. The van der Waals surface area contributed by atoms with E-state index in [4.69, 9.17) is 5.11 Å². The third-order valence-electron chi connectivity index (χ3n) is 1.78. The molecule has 2 heteroatoms. The number of aliphatic carboxylic acids is 1. The highest BCUT2D eigenvalue weighted by atomic mass is 16.4.